The predicted octanol–water partition coefficient (Wildman–Crippen LogP) is 3.61. The van der Waals surface area contributed by atoms with Crippen LogP contribution in [0.5, 0.6) is 0 Å². The van der Waals surface area contributed by atoms with E-state index < -0.39 is 5.63 Å². The molecule has 0 unspecified atom stereocenters. The Hall–Kier alpha value is -2.40. The van der Waals surface area contributed by atoms with E-state index >= 15 is 0 Å². The molecule has 3 rings (SSSR count). The minimum atomic E-state index is -0.564. The second-order valence-electron chi connectivity index (χ2n) is 4.36. The fraction of sp³-hybridized carbons (Fsp3) is 0.0667. The van der Waals surface area contributed by atoms with Crippen molar-refractivity contribution in [3.05, 3.63) is 62.3 Å². The molecule has 0 saturated carbocycles. The number of hydrogen-bond acceptors (Lipinski definition) is 5. The van der Waals surface area contributed by atoms with E-state index in [9.17, 15) is 9.90 Å². The Morgan fingerprint density at radius 1 is 1.40 bits per heavy atom. The van der Waals surface area contributed by atoms with Crippen LogP contribution >= 0.6 is 11.3 Å². The van der Waals surface area contributed by atoms with E-state index in [1.807, 2.05) is 24.4 Å². The minimum Gasteiger partial charge on any atom is -0.506 e. The van der Waals surface area contributed by atoms with Crippen molar-refractivity contribution in [1.29, 1.82) is 0 Å². The normalized spacial score (nSPS) is 11.9. The summed E-state index contributed by atoms with van der Waals surface area (Å²) in [7, 11) is 0. The van der Waals surface area contributed by atoms with Gasteiger partial charge in [-0.3, -0.25) is 0 Å². The monoisotopic (exact) mass is 285 g/mol. The van der Waals surface area contributed by atoms with Crippen LogP contribution in [0.3, 0.4) is 0 Å². The fourth-order valence-corrected chi connectivity index (χ4v) is 2.48. The van der Waals surface area contributed by atoms with Crippen LogP contribution in [0.2, 0.25) is 0 Å². The average Bonchev–Trinajstić information content (AvgIpc) is 2.94. The fourth-order valence-electron chi connectivity index (χ4n) is 1.84. The molecule has 0 bridgehead atoms. The summed E-state index contributed by atoms with van der Waals surface area (Å²) in [4.78, 5) is 16.8. The zero-order chi connectivity index (χ0) is 14.1. The van der Waals surface area contributed by atoms with Crippen molar-refractivity contribution in [1.82, 2.24) is 4.98 Å². The molecule has 5 heteroatoms. The molecule has 4 nitrogen and oxygen atoms in total. The van der Waals surface area contributed by atoms with Crippen molar-refractivity contribution in [3.63, 3.8) is 0 Å². The molecule has 20 heavy (non-hydrogen) atoms. The first-order chi connectivity index (χ1) is 9.63. The molecule has 1 N–H and O–H groups in total. The Balaban J connectivity index is 2.13. The second-order valence-corrected chi connectivity index (χ2v) is 5.31. The number of fused-ring (bicyclic) bond motifs is 1. The van der Waals surface area contributed by atoms with Crippen LogP contribution in [-0.4, -0.2) is 10.1 Å². The first kappa shape index (κ1) is 12.6. The number of nitrogens with zero attached hydrogens (tertiary/aromatic N) is 1. The van der Waals surface area contributed by atoms with Crippen molar-refractivity contribution < 1.29 is 9.52 Å². The van der Waals surface area contributed by atoms with E-state index in [-0.39, 0.29) is 11.5 Å². The molecule has 0 saturated heterocycles. The third-order valence-corrected chi connectivity index (χ3v) is 3.71. The van der Waals surface area contributed by atoms with Gasteiger partial charge in [0.05, 0.1) is 4.88 Å². The number of hydrogen-bond donors (Lipinski definition) is 1. The van der Waals surface area contributed by atoms with E-state index in [1.54, 1.807) is 18.2 Å². The molecule has 0 atom stereocenters. The summed E-state index contributed by atoms with van der Waals surface area (Å²) in [6, 6.07) is 9.02. The summed E-state index contributed by atoms with van der Waals surface area (Å²) in [5.41, 5.74) is 1.55. The molecule has 0 spiro atoms. The Bertz CT molecular complexity index is 847. The maximum absolute atomic E-state index is 11.9. The van der Waals surface area contributed by atoms with E-state index in [0.29, 0.717) is 16.0 Å². The maximum atomic E-state index is 11.9. The third-order valence-electron chi connectivity index (χ3n) is 2.82. The Labute approximate surface area is 118 Å². The molecular weight excluding hydrogens is 274 g/mol. The van der Waals surface area contributed by atoms with Gasteiger partial charge in [-0.25, -0.2) is 9.78 Å². The zero-order valence-corrected chi connectivity index (χ0v) is 11.5. The lowest BCUT2D eigenvalue weighted by molar-refractivity contribution is 0.516. The summed E-state index contributed by atoms with van der Waals surface area (Å²) < 4.78 is 5.22. The first-order valence-corrected chi connectivity index (χ1v) is 6.87. The van der Waals surface area contributed by atoms with Gasteiger partial charge < -0.3 is 9.52 Å². The summed E-state index contributed by atoms with van der Waals surface area (Å²) >= 11 is 1.38. The molecule has 0 aliphatic rings. The van der Waals surface area contributed by atoms with Crippen molar-refractivity contribution in [3.8, 4) is 0 Å². The highest BCUT2D eigenvalue weighted by molar-refractivity contribution is 7.11. The lowest BCUT2D eigenvalue weighted by Gasteiger charge is -2.00. The molecule has 2 heterocycles. The summed E-state index contributed by atoms with van der Waals surface area (Å²) in [5.74, 6) is 0.00580. The van der Waals surface area contributed by atoms with Crippen LogP contribution in [0.15, 0.2) is 44.9 Å². The van der Waals surface area contributed by atoms with Gasteiger partial charge in [-0.2, -0.15) is 0 Å². The molecule has 2 aromatic heterocycles. The third kappa shape index (κ3) is 2.35. The molecule has 0 fully saturated rings. The topological polar surface area (TPSA) is 63.3 Å². The molecular formula is C15H11NO3S. The largest absolute Gasteiger partial charge is 0.506 e. The molecule has 0 amide bonds. The highest BCUT2D eigenvalue weighted by Crippen LogP contribution is 2.20. The second kappa shape index (κ2) is 4.94. The number of benzene rings is 1. The Kier molecular flexibility index (Phi) is 3.12. The van der Waals surface area contributed by atoms with Gasteiger partial charge in [-0.1, -0.05) is 12.1 Å². The van der Waals surface area contributed by atoms with Crippen molar-refractivity contribution in [2.24, 2.45) is 0 Å². The number of rotatable bonds is 2. The standard InChI is InChI=1S/C15H11NO3S/c1-9-4-5-10-13(7-9)19-15(18)11(16-10)8-12(17)14-3-2-6-20-14/h2-8,17H,1H3. The zero-order valence-electron chi connectivity index (χ0n) is 10.7. The van der Waals surface area contributed by atoms with E-state index in [0.717, 1.165) is 5.56 Å². The van der Waals surface area contributed by atoms with Gasteiger partial charge in [0, 0.05) is 6.08 Å². The summed E-state index contributed by atoms with van der Waals surface area (Å²) in [6.45, 7) is 1.91. The van der Waals surface area contributed by atoms with Gasteiger partial charge in [0.2, 0.25) is 0 Å². The molecule has 1 aromatic carbocycles. The Morgan fingerprint density at radius 2 is 2.25 bits per heavy atom. The van der Waals surface area contributed by atoms with E-state index in [4.69, 9.17) is 4.42 Å². The summed E-state index contributed by atoms with van der Waals surface area (Å²) in [6.07, 6.45) is 1.33. The summed E-state index contributed by atoms with van der Waals surface area (Å²) in [5, 5.41) is 11.8. The lowest BCUT2D eigenvalue weighted by atomic mass is 10.2. The number of aromatic nitrogens is 1. The smallest absolute Gasteiger partial charge is 0.362 e. The molecule has 3 aromatic rings. The van der Waals surface area contributed by atoms with Crippen LogP contribution in [0.1, 0.15) is 16.1 Å². The SMILES string of the molecule is Cc1ccc2nc(C=C(O)c3cccs3)c(=O)oc2c1. The van der Waals surface area contributed by atoms with Crippen molar-refractivity contribution in [2.75, 3.05) is 0 Å². The van der Waals surface area contributed by atoms with Crippen molar-refractivity contribution in [2.45, 2.75) is 6.92 Å². The van der Waals surface area contributed by atoms with Gasteiger partial charge >= 0.3 is 5.63 Å². The maximum Gasteiger partial charge on any atom is 0.362 e. The van der Waals surface area contributed by atoms with Crippen LogP contribution in [0.25, 0.3) is 22.9 Å². The highest BCUT2D eigenvalue weighted by atomic mass is 32.1. The lowest BCUT2D eigenvalue weighted by Crippen LogP contribution is -2.06. The number of aliphatic hydroxyl groups is 1. The highest BCUT2D eigenvalue weighted by Gasteiger charge is 2.08. The number of thiophene rings is 1. The van der Waals surface area contributed by atoms with E-state index in [1.165, 1.54) is 17.4 Å². The molecule has 0 aliphatic carbocycles. The van der Waals surface area contributed by atoms with Gasteiger partial charge in [0.25, 0.3) is 0 Å². The molecule has 0 aliphatic heterocycles. The van der Waals surface area contributed by atoms with Crippen LogP contribution in [0.4, 0.5) is 0 Å². The van der Waals surface area contributed by atoms with Crippen LogP contribution in [0, 0.1) is 6.92 Å². The quantitative estimate of drug-likeness (QED) is 0.730. The minimum absolute atomic E-state index is 0.00580. The van der Waals surface area contributed by atoms with Crippen molar-refractivity contribution >= 4 is 34.3 Å². The van der Waals surface area contributed by atoms with Crippen LogP contribution in [-0.2, 0) is 0 Å². The molecule has 0 radical (unpaired) electrons. The number of aliphatic hydroxyl groups excluding tert-OH is 1. The average molecular weight is 285 g/mol. The molecule has 100 valence electrons. The van der Waals surface area contributed by atoms with Crippen LogP contribution < -0.4 is 5.63 Å². The van der Waals surface area contributed by atoms with E-state index in [2.05, 4.69) is 4.98 Å². The van der Waals surface area contributed by atoms with Gasteiger partial charge in [-0.05, 0) is 36.1 Å². The number of aryl methyl sites for hydroxylation is 1. The van der Waals surface area contributed by atoms with Gasteiger partial charge in [0.1, 0.15) is 11.3 Å². The first-order valence-electron chi connectivity index (χ1n) is 5.99. The predicted molar refractivity (Wildman–Crippen MR) is 79.8 cm³/mol. The Morgan fingerprint density at radius 3 is 3.00 bits per heavy atom. The van der Waals surface area contributed by atoms with Gasteiger partial charge in [0.15, 0.2) is 11.3 Å². The van der Waals surface area contributed by atoms with Gasteiger partial charge in [-0.15, -0.1) is 11.3 Å².